The fraction of sp³-hybridized carbons (Fsp3) is 0.250. The summed E-state index contributed by atoms with van der Waals surface area (Å²) in [6.45, 7) is 1.60. The smallest absolute Gasteiger partial charge is 0.251 e. The van der Waals surface area contributed by atoms with Gasteiger partial charge in [-0.15, -0.1) is 0 Å². The SMILES string of the molecule is CN(C)CCCNC(=O)c1cccc(-c2cc3cc(Cl)c(Cl)cc3[nH]2)c1. The molecule has 0 aliphatic carbocycles. The first-order valence-corrected chi connectivity index (χ1v) is 9.21. The van der Waals surface area contributed by atoms with E-state index in [1.807, 2.05) is 56.6 Å². The van der Waals surface area contributed by atoms with Crippen LogP contribution in [0, 0.1) is 0 Å². The maximum absolute atomic E-state index is 12.4. The third kappa shape index (κ3) is 4.39. The molecule has 0 spiro atoms. The molecule has 1 amide bonds. The van der Waals surface area contributed by atoms with E-state index in [9.17, 15) is 4.79 Å². The van der Waals surface area contributed by atoms with E-state index in [1.165, 1.54) is 0 Å². The molecule has 0 saturated heterocycles. The Balaban J connectivity index is 1.77. The fourth-order valence-corrected chi connectivity index (χ4v) is 3.15. The lowest BCUT2D eigenvalue weighted by Crippen LogP contribution is -2.27. The number of aromatic nitrogens is 1. The number of carbonyl (C=O) groups is 1. The summed E-state index contributed by atoms with van der Waals surface area (Å²) in [7, 11) is 4.04. The second kappa shape index (κ2) is 8.12. The molecule has 0 radical (unpaired) electrons. The standard InChI is InChI=1S/C20H21Cl2N3O/c1-25(2)8-4-7-23-20(26)14-6-3-5-13(9-14)18-11-15-10-16(21)17(22)12-19(15)24-18/h3,5-6,9-12,24H,4,7-8H2,1-2H3,(H,23,26). The molecule has 0 aliphatic heterocycles. The van der Waals surface area contributed by atoms with E-state index in [0.29, 0.717) is 22.2 Å². The Bertz CT molecular complexity index is 895. The summed E-state index contributed by atoms with van der Waals surface area (Å²) < 4.78 is 0. The third-order valence-corrected chi connectivity index (χ3v) is 4.89. The highest BCUT2D eigenvalue weighted by Crippen LogP contribution is 2.31. The van der Waals surface area contributed by atoms with Gasteiger partial charge in [0.1, 0.15) is 0 Å². The highest BCUT2D eigenvalue weighted by molar-refractivity contribution is 6.42. The highest BCUT2D eigenvalue weighted by atomic mass is 35.5. The van der Waals surface area contributed by atoms with Gasteiger partial charge in [0.05, 0.1) is 10.0 Å². The van der Waals surface area contributed by atoms with Crippen molar-refractivity contribution in [2.45, 2.75) is 6.42 Å². The maximum Gasteiger partial charge on any atom is 0.251 e. The van der Waals surface area contributed by atoms with Crippen LogP contribution in [-0.4, -0.2) is 43.0 Å². The number of benzene rings is 2. The first-order valence-electron chi connectivity index (χ1n) is 8.45. The summed E-state index contributed by atoms with van der Waals surface area (Å²) in [6, 6.07) is 13.2. The second-order valence-corrected chi connectivity index (χ2v) is 7.34. The average Bonchev–Trinajstić information content (AvgIpc) is 3.01. The summed E-state index contributed by atoms with van der Waals surface area (Å²) >= 11 is 12.2. The number of H-pyrrole nitrogens is 1. The number of nitrogens with zero attached hydrogens (tertiary/aromatic N) is 1. The van der Waals surface area contributed by atoms with Gasteiger partial charge >= 0.3 is 0 Å². The minimum atomic E-state index is -0.0622. The van der Waals surface area contributed by atoms with Crippen LogP contribution < -0.4 is 5.32 Å². The number of carbonyl (C=O) groups excluding carboxylic acids is 1. The lowest BCUT2D eigenvalue weighted by molar-refractivity contribution is 0.0952. The van der Waals surface area contributed by atoms with Crippen LogP contribution in [0.5, 0.6) is 0 Å². The monoisotopic (exact) mass is 389 g/mol. The molecule has 0 bridgehead atoms. The molecular formula is C20H21Cl2N3O. The van der Waals surface area contributed by atoms with Gasteiger partial charge in [0.15, 0.2) is 0 Å². The Morgan fingerprint density at radius 1 is 1.12 bits per heavy atom. The number of hydrogen-bond donors (Lipinski definition) is 2. The van der Waals surface area contributed by atoms with Crippen LogP contribution in [0.2, 0.25) is 10.0 Å². The van der Waals surface area contributed by atoms with Crippen molar-refractivity contribution in [2.24, 2.45) is 0 Å². The number of nitrogens with one attached hydrogen (secondary N) is 2. The zero-order valence-electron chi connectivity index (χ0n) is 14.8. The van der Waals surface area contributed by atoms with Crippen molar-refractivity contribution >= 4 is 40.0 Å². The first-order chi connectivity index (χ1) is 12.4. The molecule has 4 nitrogen and oxygen atoms in total. The molecule has 3 aromatic rings. The minimum Gasteiger partial charge on any atom is -0.354 e. The van der Waals surface area contributed by atoms with E-state index in [0.717, 1.165) is 35.1 Å². The molecule has 0 unspecified atom stereocenters. The Morgan fingerprint density at radius 2 is 1.88 bits per heavy atom. The molecule has 2 aromatic carbocycles. The molecule has 0 atom stereocenters. The van der Waals surface area contributed by atoms with Crippen molar-refractivity contribution in [3.63, 3.8) is 0 Å². The number of halogens is 2. The van der Waals surface area contributed by atoms with E-state index in [1.54, 1.807) is 0 Å². The summed E-state index contributed by atoms with van der Waals surface area (Å²) in [4.78, 5) is 17.8. The topological polar surface area (TPSA) is 48.1 Å². The molecule has 136 valence electrons. The Kier molecular flexibility index (Phi) is 5.87. The van der Waals surface area contributed by atoms with Crippen molar-refractivity contribution in [2.75, 3.05) is 27.2 Å². The van der Waals surface area contributed by atoms with Crippen LogP contribution in [0.25, 0.3) is 22.2 Å². The minimum absolute atomic E-state index is 0.0622. The second-order valence-electron chi connectivity index (χ2n) is 6.53. The summed E-state index contributed by atoms with van der Waals surface area (Å²) in [6.07, 6.45) is 0.919. The first kappa shape index (κ1) is 18.8. The molecule has 0 fully saturated rings. The molecule has 3 rings (SSSR count). The predicted molar refractivity (Wildman–Crippen MR) is 109 cm³/mol. The summed E-state index contributed by atoms with van der Waals surface area (Å²) in [5.74, 6) is -0.0622. The van der Waals surface area contributed by atoms with Crippen molar-refractivity contribution in [3.8, 4) is 11.3 Å². The van der Waals surface area contributed by atoms with E-state index in [4.69, 9.17) is 23.2 Å². The normalized spacial score (nSPS) is 11.3. The Hall–Kier alpha value is -2.01. The highest BCUT2D eigenvalue weighted by Gasteiger charge is 2.10. The number of rotatable bonds is 6. The molecule has 0 aliphatic rings. The summed E-state index contributed by atoms with van der Waals surface area (Å²) in [5.41, 5.74) is 3.41. The largest absolute Gasteiger partial charge is 0.354 e. The van der Waals surface area contributed by atoms with Gasteiger partial charge < -0.3 is 15.2 Å². The van der Waals surface area contributed by atoms with Gasteiger partial charge in [-0.05, 0) is 63.0 Å². The van der Waals surface area contributed by atoms with Gasteiger partial charge in [0.2, 0.25) is 0 Å². The van der Waals surface area contributed by atoms with Crippen LogP contribution in [0.3, 0.4) is 0 Å². The number of amides is 1. The van der Waals surface area contributed by atoms with E-state index in [-0.39, 0.29) is 5.91 Å². The number of aromatic amines is 1. The predicted octanol–water partition coefficient (Wildman–Crippen LogP) is 4.82. The van der Waals surface area contributed by atoms with Gasteiger partial charge in [-0.1, -0.05) is 35.3 Å². The van der Waals surface area contributed by atoms with Crippen LogP contribution in [0.4, 0.5) is 0 Å². The van der Waals surface area contributed by atoms with Crippen LogP contribution in [0.15, 0.2) is 42.5 Å². The Labute approximate surface area is 163 Å². The molecule has 1 heterocycles. The van der Waals surface area contributed by atoms with E-state index < -0.39 is 0 Å². The van der Waals surface area contributed by atoms with E-state index in [2.05, 4.69) is 15.2 Å². The van der Waals surface area contributed by atoms with Crippen molar-refractivity contribution in [1.82, 2.24) is 15.2 Å². The molecule has 6 heteroatoms. The van der Waals surface area contributed by atoms with E-state index >= 15 is 0 Å². The lowest BCUT2D eigenvalue weighted by Gasteiger charge is -2.10. The molecule has 2 N–H and O–H groups in total. The molecule has 26 heavy (non-hydrogen) atoms. The average molecular weight is 390 g/mol. The third-order valence-electron chi connectivity index (χ3n) is 4.17. The van der Waals surface area contributed by atoms with Gasteiger partial charge in [0, 0.05) is 28.7 Å². The van der Waals surface area contributed by atoms with Crippen LogP contribution >= 0.6 is 23.2 Å². The van der Waals surface area contributed by atoms with Crippen molar-refractivity contribution < 1.29 is 4.79 Å². The quantitative estimate of drug-likeness (QED) is 0.593. The molecule has 0 saturated carbocycles. The lowest BCUT2D eigenvalue weighted by atomic mass is 10.1. The zero-order valence-corrected chi connectivity index (χ0v) is 16.3. The maximum atomic E-state index is 12.4. The molecule has 1 aromatic heterocycles. The van der Waals surface area contributed by atoms with Gasteiger partial charge in [-0.3, -0.25) is 4.79 Å². The number of hydrogen-bond acceptors (Lipinski definition) is 2. The van der Waals surface area contributed by atoms with Gasteiger partial charge in [-0.25, -0.2) is 0 Å². The van der Waals surface area contributed by atoms with Crippen LogP contribution in [0.1, 0.15) is 16.8 Å². The number of fused-ring (bicyclic) bond motifs is 1. The van der Waals surface area contributed by atoms with Gasteiger partial charge in [-0.2, -0.15) is 0 Å². The Morgan fingerprint density at radius 3 is 2.65 bits per heavy atom. The molecular weight excluding hydrogens is 369 g/mol. The van der Waals surface area contributed by atoms with Crippen molar-refractivity contribution in [1.29, 1.82) is 0 Å². The fourth-order valence-electron chi connectivity index (χ4n) is 2.81. The van der Waals surface area contributed by atoms with Gasteiger partial charge in [0.25, 0.3) is 5.91 Å². The van der Waals surface area contributed by atoms with Crippen LogP contribution in [-0.2, 0) is 0 Å². The van der Waals surface area contributed by atoms with Crippen molar-refractivity contribution in [3.05, 3.63) is 58.1 Å². The summed E-state index contributed by atoms with van der Waals surface area (Å²) in [5, 5.41) is 4.98. The zero-order chi connectivity index (χ0) is 18.7.